The minimum Gasteiger partial charge on any atom is -0.451 e. The number of nitrogens with two attached hydrogens (primary N) is 1. The van der Waals surface area contributed by atoms with Crippen LogP contribution in [0.15, 0.2) is 42.5 Å². The molecule has 5 heteroatoms. The van der Waals surface area contributed by atoms with Gasteiger partial charge in [0.1, 0.15) is 0 Å². The number of hydrogen-bond donors (Lipinski definition) is 1. The zero-order valence-corrected chi connectivity index (χ0v) is 13.8. The number of esters is 1. The molecule has 2 aromatic carbocycles. The number of halogens is 1. The second-order valence-electron chi connectivity index (χ2n) is 5.19. The van der Waals surface area contributed by atoms with Gasteiger partial charge in [0.15, 0.2) is 6.10 Å². The van der Waals surface area contributed by atoms with Crippen molar-refractivity contribution in [2.24, 2.45) is 0 Å². The number of ketones is 1. The fraction of sp³-hybridized carbons (Fsp3) is 0.222. The van der Waals surface area contributed by atoms with E-state index in [1.807, 2.05) is 19.1 Å². The van der Waals surface area contributed by atoms with Crippen molar-refractivity contribution in [2.45, 2.75) is 26.4 Å². The van der Waals surface area contributed by atoms with Crippen molar-refractivity contribution in [1.82, 2.24) is 0 Å². The molecule has 0 aliphatic rings. The normalized spacial score (nSPS) is 11.8. The van der Waals surface area contributed by atoms with Crippen molar-refractivity contribution in [2.75, 3.05) is 5.73 Å². The van der Waals surface area contributed by atoms with Gasteiger partial charge in [0.25, 0.3) is 0 Å². The van der Waals surface area contributed by atoms with Crippen molar-refractivity contribution in [1.29, 1.82) is 0 Å². The Kier molecular flexibility index (Phi) is 5.40. The molecule has 0 amide bonds. The van der Waals surface area contributed by atoms with E-state index in [1.165, 1.54) is 12.1 Å². The van der Waals surface area contributed by atoms with Crippen LogP contribution in [0.25, 0.3) is 0 Å². The Labute approximate surface area is 140 Å². The first-order valence-electron chi connectivity index (χ1n) is 7.31. The summed E-state index contributed by atoms with van der Waals surface area (Å²) < 4.78 is 5.22. The van der Waals surface area contributed by atoms with E-state index >= 15 is 0 Å². The van der Waals surface area contributed by atoms with E-state index in [2.05, 4.69) is 0 Å². The SMILES string of the molecule is CCc1ccc(C(=O)C(C)OC(=O)c2ccc(Cl)cc2N)cc1. The summed E-state index contributed by atoms with van der Waals surface area (Å²) in [6, 6.07) is 11.7. The third-order valence-electron chi connectivity index (χ3n) is 3.53. The monoisotopic (exact) mass is 331 g/mol. The van der Waals surface area contributed by atoms with Crippen LogP contribution in [0.3, 0.4) is 0 Å². The third kappa shape index (κ3) is 4.11. The molecule has 4 nitrogen and oxygen atoms in total. The van der Waals surface area contributed by atoms with Crippen LogP contribution in [0, 0.1) is 0 Å². The van der Waals surface area contributed by atoms with E-state index in [-0.39, 0.29) is 17.0 Å². The molecule has 0 aliphatic heterocycles. The molecule has 2 N–H and O–H groups in total. The summed E-state index contributed by atoms with van der Waals surface area (Å²) in [6.45, 7) is 3.58. The average Bonchev–Trinajstić information content (AvgIpc) is 2.54. The van der Waals surface area contributed by atoms with Crippen molar-refractivity contribution in [3.8, 4) is 0 Å². The Hall–Kier alpha value is -2.33. The van der Waals surface area contributed by atoms with Crippen LogP contribution in [-0.4, -0.2) is 17.9 Å². The number of rotatable bonds is 5. The fourth-order valence-electron chi connectivity index (χ4n) is 2.14. The molecule has 120 valence electrons. The van der Waals surface area contributed by atoms with Crippen LogP contribution in [0.4, 0.5) is 5.69 Å². The molecular weight excluding hydrogens is 314 g/mol. The number of Topliss-reactive ketones (excluding diaryl/α,β-unsaturated/α-hetero) is 1. The van der Waals surface area contributed by atoms with Crippen LogP contribution in [0.1, 0.15) is 40.1 Å². The lowest BCUT2D eigenvalue weighted by atomic mass is 10.0. The zero-order valence-electron chi connectivity index (χ0n) is 13.0. The second-order valence-corrected chi connectivity index (χ2v) is 5.63. The van der Waals surface area contributed by atoms with Crippen molar-refractivity contribution >= 4 is 29.0 Å². The minimum absolute atomic E-state index is 0.190. The number of ether oxygens (including phenoxy) is 1. The van der Waals surface area contributed by atoms with E-state index in [0.717, 1.165) is 12.0 Å². The van der Waals surface area contributed by atoms with Crippen molar-refractivity contribution < 1.29 is 14.3 Å². The Balaban J connectivity index is 2.09. The van der Waals surface area contributed by atoms with E-state index in [1.54, 1.807) is 25.1 Å². The summed E-state index contributed by atoms with van der Waals surface area (Å²) in [5, 5.41) is 0.430. The Morgan fingerprint density at radius 3 is 2.39 bits per heavy atom. The highest BCUT2D eigenvalue weighted by atomic mass is 35.5. The minimum atomic E-state index is -0.898. The highest BCUT2D eigenvalue weighted by Gasteiger charge is 2.21. The molecule has 0 aromatic heterocycles. The molecule has 1 atom stereocenters. The Morgan fingerprint density at radius 1 is 1.17 bits per heavy atom. The van der Waals surface area contributed by atoms with Gasteiger partial charge >= 0.3 is 5.97 Å². The zero-order chi connectivity index (χ0) is 17.0. The number of carbonyl (C=O) groups excluding carboxylic acids is 2. The molecule has 0 fully saturated rings. The Bertz CT molecular complexity index is 726. The van der Waals surface area contributed by atoms with E-state index in [0.29, 0.717) is 10.6 Å². The van der Waals surface area contributed by atoms with Gasteiger partial charge < -0.3 is 10.5 Å². The second kappa shape index (κ2) is 7.29. The largest absolute Gasteiger partial charge is 0.451 e. The lowest BCUT2D eigenvalue weighted by Crippen LogP contribution is -2.24. The summed E-state index contributed by atoms with van der Waals surface area (Å²) in [4.78, 5) is 24.4. The molecule has 0 saturated carbocycles. The van der Waals surface area contributed by atoms with Gasteiger partial charge in [-0.1, -0.05) is 42.8 Å². The predicted octanol–water partition coefficient (Wildman–Crippen LogP) is 3.91. The quantitative estimate of drug-likeness (QED) is 0.512. The van der Waals surface area contributed by atoms with E-state index < -0.39 is 12.1 Å². The predicted molar refractivity (Wildman–Crippen MR) is 90.9 cm³/mol. The smallest absolute Gasteiger partial charge is 0.340 e. The van der Waals surface area contributed by atoms with Crippen LogP contribution >= 0.6 is 11.6 Å². The highest BCUT2D eigenvalue weighted by molar-refractivity contribution is 6.31. The van der Waals surface area contributed by atoms with Gasteiger partial charge in [0, 0.05) is 16.3 Å². The summed E-state index contributed by atoms with van der Waals surface area (Å²) in [5.74, 6) is -0.904. The van der Waals surface area contributed by atoms with E-state index in [4.69, 9.17) is 22.1 Å². The molecule has 1 unspecified atom stereocenters. The number of carbonyl (C=O) groups is 2. The van der Waals surface area contributed by atoms with Crippen LogP contribution < -0.4 is 5.73 Å². The maximum Gasteiger partial charge on any atom is 0.340 e. The molecular formula is C18H18ClNO3. The van der Waals surface area contributed by atoms with Crippen LogP contribution in [0.2, 0.25) is 5.02 Å². The van der Waals surface area contributed by atoms with Gasteiger partial charge in [-0.05, 0) is 37.1 Å². The van der Waals surface area contributed by atoms with Gasteiger partial charge in [-0.15, -0.1) is 0 Å². The number of nitrogen functional groups attached to an aromatic ring is 1. The summed E-state index contributed by atoms with van der Waals surface area (Å²) in [5.41, 5.74) is 7.80. The molecule has 0 bridgehead atoms. The first-order chi connectivity index (χ1) is 10.9. The first-order valence-corrected chi connectivity index (χ1v) is 7.69. The summed E-state index contributed by atoms with van der Waals surface area (Å²) in [7, 11) is 0. The van der Waals surface area contributed by atoms with Gasteiger partial charge in [0.05, 0.1) is 5.56 Å². The van der Waals surface area contributed by atoms with Crippen molar-refractivity contribution in [3.63, 3.8) is 0 Å². The lowest BCUT2D eigenvalue weighted by molar-refractivity contribution is 0.0320. The number of benzene rings is 2. The number of hydrogen-bond acceptors (Lipinski definition) is 4. The maximum atomic E-state index is 12.3. The molecule has 23 heavy (non-hydrogen) atoms. The topological polar surface area (TPSA) is 69.4 Å². The third-order valence-corrected chi connectivity index (χ3v) is 3.77. The van der Waals surface area contributed by atoms with Gasteiger partial charge in [-0.3, -0.25) is 4.79 Å². The highest BCUT2D eigenvalue weighted by Crippen LogP contribution is 2.20. The average molecular weight is 332 g/mol. The van der Waals surface area contributed by atoms with Crippen LogP contribution in [0.5, 0.6) is 0 Å². The molecule has 0 radical (unpaired) electrons. The van der Waals surface area contributed by atoms with Gasteiger partial charge in [-0.2, -0.15) is 0 Å². The molecule has 2 aromatic rings. The fourth-order valence-corrected chi connectivity index (χ4v) is 2.32. The van der Waals surface area contributed by atoms with E-state index in [9.17, 15) is 9.59 Å². The van der Waals surface area contributed by atoms with Gasteiger partial charge in [-0.25, -0.2) is 4.79 Å². The maximum absolute atomic E-state index is 12.3. The number of anilines is 1. The van der Waals surface area contributed by atoms with Crippen molar-refractivity contribution in [3.05, 3.63) is 64.2 Å². The number of aryl methyl sites for hydroxylation is 1. The lowest BCUT2D eigenvalue weighted by Gasteiger charge is -2.13. The van der Waals surface area contributed by atoms with Gasteiger partial charge in [0.2, 0.25) is 5.78 Å². The molecule has 0 aliphatic carbocycles. The van der Waals surface area contributed by atoms with Crippen LogP contribution in [-0.2, 0) is 11.2 Å². The first kappa shape index (κ1) is 17.0. The molecule has 2 rings (SSSR count). The summed E-state index contributed by atoms with van der Waals surface area (Å²) >= 11 is 5.80. The standard InChI is InChI=1S/C18H18ClNO3/c1-3-12-4-6-13(7-5-12)17(21)11(2)23-18(22)15-9-8-14(19)10-16(15)20/h4-11H,3,20H2,1-2H3. The molecule has 0 spiro atoms. The molecule has 0 heterocycles. The summed E-state index contributed by atoms with van der Waals surface area (Å²) in [6.07, 6.45) is -0.000425. The molecule has 0 saturated heterocycles. The Morgan fingerprint density at radius 2 is 1.83 bits per heavy atom.